The van der Waals surface area contributed by atoms with Gasteiger partial charge >= 0.3 is 0 Å². The van der Waals surface area contributed by atoms with Crippen molar-refractivity contribution in [2.75, 3.05) is 79.3 Å². The predicted octanol–water partition coefficient (Wildman–Crippen LogP) is 11.2. The van der Waals surface area contributed by atoms with Gasteiger partial charge in [-0.2, -0.15) is 0 Å². The monoisotopic (exact) mass is 814 g/mol. The van der Waals surface area contributed by atoms with Gasteiger partial charge < -0.3 is 37.9 Å². The number of hydrogen-bond donors (Lipinski definition) is 0. The molecule has 0 saturated carbocycles. The Morgan fingerprint density at radius 3 is 1.45 bits per heavy atom. The van der Waals surface area contributed by atoms with Crippen molar-refractivity contribution in [3.05, 3.63) is 46.1 Å². The van der Waals surface area contributed by atoms with E-state index in [0.717, 1.165) is 43.2 Å². The normalized spacial score (nSPS) is 16.4. The zero-order valence-electron chi connectivity index (χ0n) is 33.8. The molecule has 4 aromatic rings. The zero-order valence-corrected chi connectivity index (χ0v) is 36.2. The van der Waals surface area contributed by atoms with Crippen LogP contribution in [0.3, 0.4) is 0 Å². The quantitative estimate of drug-likeness (QED) is 0.0983. The third-order valence-electron chi connectivity index (χ3n) is 9.45. The molecule has 0 amide bonds. The lowest BCUT2D eigenvalue weighted by Gasteiger charge is -2.31. The van der Waals surface area contributed by atoms with Gasteiger partial charge in [0.05, 0.1) is 47.0 Å². The van der Waals surface area contributed by atoms with E-state index in [1.54, 1.807) is 11.3 Å². The van der Waals surface area contributed by atoms with E-state index in [0.29, 0.717) is 119 Å². The number of rotatable bonds is 18. The van der Waals surface area contributed by atoms with Crippen molar-refractivity contribution in [2.24, 2.45) is 34.5 Å². The smallest absolute Gasteiger partial charge is 0.191 e. The molecule has 0 atom stereocenters. The lowest BCUT2D eigenvalue weighted by molar-refractivity contribution is -0.0674. The van der Waals surface area contributed by atoms with E-state index in [2.05, 4.69) is 97.2 Å². The highest BCUT2D eigenvalue weighted by atomic mass is 35.5. The number of benzene rings is 2. The Bertz CT molecular complexity index is 1820. The predicted molar refractivity (Wildman–Crippen MR) is 225 cm³/mol. The maximum Gasteiger partial charge on any atom is 0.191 e. The summed E-state index contributed by atoms with van der Waals surface area (Å²) in [5.74, 6) is 4.46. The minimum absolute atomic E-state index is 0.381. The second kappa shape index (κ2) is 18.8. The molecule has 11 heteroatoms. The van der Waals surface area contributed by atoms with Crippen LogP contribution in [0.25, 0.3) is 31.7 Å². The number of hydrogen-bond acceptors (Lipinski definition) is 10. The second-order valence-electron chi connectivity index (χ2n) is 17.1. The Labute approximate surface area is 340 Å². The van der Waals surface area contributed by atoms with Gasteiger partial charge in [0.1, 0.15) is 30.8 Å². The number of fused-ring (bicyclic) bond motifs is 3. The van der Waals surface area contributed by atoms with Crippen LogP contribution < -0.4 is 18.9 Å². The highest BCUT2D eigenvalue weighted by molar-refractivity contribution is 7.20. The average molecular weight is 816 g/mol. The molecule has 0 aliphatic carbocycles. The number of ether oxygens (including phenoxy) is 8. The summed E-state index contributed by atoms with van der Waals surface area (Å²) in [4.78, 5) is 1.96. The van der Waals surface area contributed by atoms with Crippen LogP contribution in [0.2, 0.25) is 4.34 Å². The van der Waals surface area contributed by atoms with Crippen molar-refractivity contribution in [1.82, 2.24) is 0 Å². The molecule has 0 unspecified atom stereocenters. The van der Waals surface area contributed by atoms with Crippen LogP contribution in [-0.2, 0) is 18.9 Å². The van der Waals surface area contributed by atoms with E-state index in [-0.39, 0.29) is 0 Å². The fraction of sp³-hybridized carbons (Fsp3) is 0.591. The van der Waals surface area contributed by atoms with Gasteiger partial charge in [-0.3, -0.25) is 0 Å². The van der Waals surface area contributed by atoms with E-state index >= 15 is 0 Å². The van der Waals surface area contributed by atoms with Gasteiger partial charge in [0, 0.05) is 42.9 Å². The first-order valence-corrected chi connectivity index (χ1v) is 21.7. The molecule has 2 aliphatic heterocycles. The van der Waals surface area contributed by atoms with Gasteiger partial charge in [-0.1, -0.05) is 103 Å². The van der Waals surface area contributed by atoms with E-state index in [1.807, 2.05) is 0 Å². The van der Waals surface area contributed by atoms with Crippen LogP contribution >= 0.6 is 34.3 Å². The molecular weight excluding hydrogens is 756 g/mol. The van der Waals surface area contributed by atoms with Crippen molar-refractivity contribution in [3.8, 4) is 43.9 Å². The molecule has 8 nitrogen and oxygen atoms in total. The summed E-state index contributed by atoms with van der Waals surface area (Å²) < 4.78 is 51.8. The summed E-state index contributed by atoms with van der Waals surface area (Å²) in [6, 6.07) is 12.8. The summed E-state index contributed by atoms with van der Waals surface area (Å²) in [5.41, 5.74) is 1.19. The van der Waals surface area contributed by atoms with Crippen LogP contribution in [-0.4, -0.2) is 79.3 Å². The van der Waals surface area contributed by atoms with E-state index in [9.17, 15) is 0 Å². The third-order valence-corrected chi connectivity index (χ3v) is 11.8. The molecule has 2 aromatic heterocycles. The molecule has 0 saturated heterocycles. The van der Waals surface area contributed by atoms with Crippen molar-refractivity contribution in [2.45, 2.75) is 55.4 Å². The Morgan fingerprint density at radius 1 is 0.564 bits per heavy atom. The van der Waals surface area contributed by atoms with Crippen molar-refractivity contribution >= 4 is 45.0 Å². The second-order valence-corrected chi connectivity index (χ2v) is 19.6. The molecule has 0 spiro atoms. The van der Waals surface area contributed by atoms with Crippen molar-refractivity contribution in [3.63, 3.8) is 0 Å². The molecule has 302 valence electrons. The lowest BCUT2D eigenvalue weighted by Crippen LogP contribution is -2.43. The molecule has 55 heavy (non-hydrogen) atoms. The van der Waals surface area contributed by atoms with E-state index in [4.69, 9.17) is 49.5 Å². The summed E-state index contributed by atoms with van der Waals surface area (Å²) in [6.07, 6.45) is 0. The van der Waals surface area contributed by atoms with E-state index < -0.39 is 10.8 Å². The molecule has 4 heterocycles. The lowest BCUT2D eigenvalue weighted by atomic mass is 9.92. The summed E-state index contributed by atoms with van der Waals surface area (Å²) in [6.45, 7) is 23.5. The first kappa shape index (κ1) is 42.0. The Kier molecular flexibility index (Phi) is 14.4. The highest BCUT2D eigenvalue weighted by Crippen LogP contribution is 2.55. The molecule has 2 aromatic carbocycles. The number of thiophene rings is 2. The standard InChI is InChI=1S/C44H59ClO8S2/c1-28(2)15-46-20-43(21-47-16-29(3)4)24-50-36-19-54-40(37(36)51-25-43)34-13-14-35(33-12-10-9-11-32(33)34)41-38-39(42(45)55-41)53-27-44(26-52-38,22-48-17-30(5)6)23-49-18-31(7)8/h9-14,19,28-31H,15-18,20-27H2,1-8H3. The Morgan fingerprint density at radius 2 is 0.982 bits per heavy atom. The van der Waals surface area contributed by atoms with Gasteiger partial charge in [-0.25, -0.2) is 0 Å². The van der Waals surface area contributed by atoms with Crippen LogP contribution in [0.1, 0.15) is 55.4 Å². The van der Waals surface area contributed by atoms with Gasteiger partial charge in [0.2, 0.25) is 0 Å². The first-order chi connectivity index (χ1) is 26.4. The molecule has 0 radical (unpaired) electrons. The van der Waals surface area contributed by atoms with Crippen LogP contribution in [0.15, 0.2) is 41.8 Å². The fourth-order valence-electron chi connectivity index (χ4n) is 6.71. The van der Waals surface area contributed by atoms with Gasteiger partial charge in [-0.15, -0.1) is 22.7 Å². The largest absolute Gasteiger partial charge is 0.488 e. The topological polar surface area (TPSA) is 73.8 Å². The maximum absolute atomic E-state index is 6.95. The minimum atomic E-state index is -0.481. The average Bonchev–Trinajstić information content (AvgIpc) is 3.55. The summed E-state index contributed by atoms with van der Waals surface area (Å²) >= 11 is 10.1. The van der Waals surface area contributed by atoms with Gasteiger partial charge in [0.25, 0.3) is 0 Å². The third kappa shape index (κ3) is 10.3. The SMILES string of the molecule is CC(C)COCC1(COCC(C)C)COc2csc(-c3ccc(-c4sc(Cl)c5c4OCC(COCC(C)C)(COCC(C)C)CO5)c4ccccc34)c2OC1. The molecule has 6 rings (SSSR count). The first-order valence-electron chi connectivity index (χ1n) is 19.7. The molecule has 2 aliphatic rings. The minimum Gasteiger partial charge on any atom is -0.488 e. The maximum atomic E-state index is 6.95. The molecule has 0 bridgehead atoms. The van der Waals surface area contributed by atoms with Crippen molar-refractivity contribution < 1.29 is 37.9 Å². The highest BCUT2D eigenvalue weighted by Gasteiger charge is 2.40. The van der Waals surface area contributed by atoms with Gasteiger partial charge in [0.15, 0.2) is 23.0 Å². The zero-order chi connectivity index (χ0) is 39.2. The molecular formula is C44H59ClO8S2. The van der Waals surface area contributed by atoms with Crippen LogP contribution in [0.5, 0.6) is 23.0 Å². The molecule has 0 N–H and O–H groups in total. The van der Waals surface area contributed by atoms with Gasteiger partial charge in [-0.05, 0) is 34.4 Å². The Balaban J connectivity index is 1.29. The van der Waals surface area contributed by atoms with E-state index in [1.165, 1.54) is 11.3 Å². The summed E-state index contributed by atoms with van der Waals surface area (Å²) in [5, 5.41) is 4.23. The Hall–Kier alpha value is -2.57. The van der Waals surface area contributed by atoms with Crippen LogP contribution in [0.4, 0.5) is 0 Å². The summed E-state index contributed by atoms with van der Waals surface area (Å²) in [7, 11) is 0. The fourth-order valence-corrected chi connectivity index (χ4v) is 9.00. The number of halogens is 1. The molecule has 0 fully saturated rings. The van der Waals surface area contributed by atoms with Crippen LogP contribution in [0, 0.1) is 34.5 Å². The van der Waals surface area contributed by atoms with Crippen molar-refractivity contribution in [1.29, 1.82) is 0 Å².